The summed E-state index contributed by atoms with van der Waals surface area (Å²) in [6.07, 6.45) is 5.75. The van der Waals surface area contributed by atoms with Crippen molar-refractivity contribution in [2.45, 2.75) is 52.0 Å². The first-order chi connectivity index (χ1) is 10.3. The molecule has 2 rings (SSSR count). The van der Waals surface area contributed by atoms with Crippen LogP contribution in [0.1, 0.15) is 56.9 Å². The van der Waals surface area contributed by atoms with Gasteiger partial charge in [-0.15, -0.1) is 11.3 Å². The smallest absolute Gasteiger partial charge is 0.223 e. The Morgan fingerprint density at radius 3 is 2.57 bits per heavy atom. The van der Waals surface area contributed by atoms with E-state index in [2.05, 4.69) is 41.6 Å². The molecule has 1 aromatic heterocycles. The number of hydrogen-bond donors (Lipinski definition) is 1. The van der Waals surface area contributed by atoms with E-state index in [1.165, 1.54) is 24.1 Å². The van der Waals surface area contributed by atoms with Crippen molar-refractivity contribution in [2.24, 2.45) is 5.92 Å². The van der Waals surface area contributed by atoms with Crippen LogP contribution in [0.15, 0.2) is 17.5 Å². The fraction of sp³-hybridized carbons (Fsp3) is 0.706. The summed E-state index contributed by atoms with van der Waals surface area (Å²) in [5, 5.41) is 5.33. The minimum absolute atomic E-state index is 0.162. The Balaban J connectivity index is 1.98. The van der Waals surface area contributed by atoms with Crippen LogP contribution in [0.4, 0.5) is 0 Å². The first-order valence-corrected chi connectivity index (χ1v) is 9.19. The van der Waals surface area contributed by atoms with E-state index in [0.717, 1.165) is 32.5 Å². The van der Waals surface area contributed by atoms with Crippen LogP contribution in [0.2, 0.25) is 0 Å². The molecule has 1 amide bonds. The molecule has 1 N–H and O–H groups in total. The third-order valence-corrected chi connectivity index (χ3v) is 5.50. The van der Waals surface area contributed by atoms with Gasteiger partial charge in [-0.1, -0.05) is 26.3 Å². The Labute approximate surface area is 132 Å². The Morgan fingerprint density at radius 2 is 2.00 bits per heavy atom. The van der Waals surface area contributed by atoms with Crippen molar-refractivity contribution < 1.29 is 4.79 Å². The molecule has 2 heterocycles. The first kappa shape index (κ1) is 16.5. The second-order valence-corrected chi connectivity index (χ2v) is 6.87. The van der Waals surface area contributed by atoms with E-state index in [0.29, 0.717) is 6.04 Å². The average Bonchev–Trinajstić information content (AvgIpc) is 3.04. The SMILES string of the molecule is CCC(CC)C(=O)NC[C@H](c1cccs1)N1CCCCC1. The molecule has 0 bridgehead atoms. The van der Waals surface area contributed by atoms with E-state index in [1.54, 1.807) is 11.3 Å². The quantitative estimate of drug-likeness (QED) is 0.830. The number of carbonyl (C=O) groups is 1. The monoisotopic (exact) mass is 308 g/mol. The van der Waals surface area contributed by atoms with Gasteiger partial charge in [-0.25, -0.2) is 0 Å². The van der Waals surface area contributed by atoms with Crippen molar-refractivity contribution in [1.82, 2.24) is 10.2 Å². The number of hydrogen-bond acceptors (Lipinski definition) is 3. The van der Waals surface area contributed by atoms with Crippen molar-refractivity contribution in [2.75, 3.05) is 19.6 Å². The number of piperidine rings is 1. The molecule has 1 aliphatic rings. The number of nitrogens with one attached hydrogen (secondary N) is 1. The number of likely N-dealkylation sites (tertiary alicyclic amines) is 1. The summed E-state index contributed by atoms with van der Waals surface area (Å²) in [5.74, 6) is 0.383. The van der Waals surface area contributed by atoms with Crippen molar-refractivity contribution in [1.29, 1.82) is 0 Å². The second kappa shape index (κ2) is 8.54. The lowest BCUT2D eigenvalue weighted by Gasteiger charge is -2.34. The molecule has 118 valence electrons. The van der Waals surface area contributed by atoms with Gasteiger partial charge in [-0.05, 0) is 50.2 Å². The van der Waals surface area contributed by atoms with E-state index < -0.39 is 0 Å². The third-order valence-electron chi connectivity index (χ3n) is 4.53. The van der Waals surface area contributed by atoms with Crippen molar-refractivity contribution in [3.63, 3.8) is 0 Å². The maximum absolute atomic E-state index is 12.2. The number of thiophene rings is 1. The van der Waals surface area contributed by atoms with Crippen LogP contribution < -0.4 is 5.32 Å². The number of rotatable bonds is 7. The summed E-state index contributed by atoms with van der Waals surface area (Å²) in [6, 6.07) is 4.66. The molecule has 0 spiro atoms. The normalized spacial score (nSPS) is 17.9. The zero-order valence-electron chi connectivity index (χ0n) is 13.3. The lowest BCUT2D eigenvalue weighted by atomic mass is 10.0. The summed E-state index contributed by atoms with van der Waals surface area (Å²) < 4.78 is 0. The van der Waals surface area contributed by atoms with E-state index in [4.69, 9.17) is 0 Å². The molecule has 1 atom stereocenters. The Bertz CT molecular complexity index is 408. The van der Waals surface area contributed by atoms with Crippen LogP contribution in [-0.2, 0) is 4.79 Å². The highest BCUT2D eigenvalue weighted by molar-refractivity contribution is 7.10. The van der Waals surface area contributed by atoms with Gasteiger partial charge in [-0.3, -0.25) is 9.69 Å². The zero-order valence-corrected chi connectivity index (χ0v) is 14.1. The highest BCUT2D eigenvalue weighted by Crippen LogP contribution is 2.27. The average molecular weight is 308 g/mol. The maximum Gasteiger partial charge on any atom is 0.223 e. The fourth-order valence-corrected chi connectivity index (χ4v) is 3.98. The minimum Gasteiger partial charge on any atom is -0.354 e. The molecule has 21 heavy (non-hydrogen) atoms. The Morgan fingerprint density at radius 1 is 1.29 bits per heavy atom. The van der Waals surface area contributed by atoms with Crippen molar-refractivity contribution >= 4 is 17.2 Å². The predicted octanol–water partition coefficient (Wildman–Crippen LogP) is 3.83. The molecule has 1 aromatic rings. The molecule has 1 aliphatic heterocycles. The maximum atomic E-state index is 12.2. The van der Waals surface area contributed by atoms with E-state index in [1.807, 2.05) is 0 Å². The Kier molecular flexibility index (Phi) is 6.71. The van der Waals surface area contributed by atoms with Gasteiger partial charge in [0.1, 0.15) is 0 Å². The van der Waals surface area contributed by atoms with Crippen LogP contribution in [-0.4, -0.2) is 30.4 Å². The summed E-state index contributed by atoms with van der Waals surface area (Å²) in [4.78, 5) is 16.2. The summed E-state index contributed by atoms with van der Waals surface area (Å²) in [5.41, 5.74) is 0. The summed E-state index contributed by atoms with van der Waals surface area (Å²) in [6.45, 7) is 7.24. The van der Waals surface area contributed by atoms with E-state index in [9.17, 15) is 4.79 Å². The molecule has 0 aliphatic carbocycles. The summed E-state index contributed by atoms with van der Waals surface area (Å²) in [7, 11) is 0. The summed E-state index contributed by atoms with van der Waals surface area (Å²) >= 11 is 1.80. The highest BCUT2D eigenvalue weighted by atomic mass is 32.1. The number of amides is 1. The third kappa shape index (κ3) is 4.55. The standard InChI is InChI=1S/C17H28N2OS/c1-3-14(4-2)17(20)18-13-15(16-9-8-12-21-16)19-10-6-5-7-11-19/h8-9,12,14-15H,3-7,10-11,13H2,1-2H3,(H,18,20)/t15-/m1/s1. The number of nitrogens with zero attached hydrogens (tertiary/aromatic N) is 1. The topological polar surface area (TPSA) is 32.3 Å². The van der Waals surface area contributed by atoms with Gasteiger partial charge in [0.25, 0.3) is 0 Å². The van der Waals surface area contributed by atoms with Crippen LogP contribution in [0.5, 0.6) is 0 Å². The Hall–Kier alpha value is -0.870. The van der Waals surface area contributed by atoms with Crippen LogP contribution in [0.3, 0.4) is 0 Å². The van der Waals surface area contributed by atoms with E-state index in [-0.39, 0.29) is 11.8 Å². The molecule has 0 unspecified atom stereocenters. The van der Waals surface area contributed by atoms with Gasteiger partial charge in [0.15, 0.2) is 0 Å². The van der Waals surface area contributed by atoms with Gasteiger partial charge < -0.3 is 5.32 Å². The van der Waals surface area contributed by atoms with Crippen molar-refractivity contribution in [3.05, 3.63) is 22.4 Å². The van der Waals surface area contributed by atoms with Gasteiger partial charge in [-0.2, -0.15) is 0 Å². The minimum atomic E-state index is 0.162. The van der Waals surface area contributed by atoms with E-state index >= 15 is 0 Å². The van der Waals surface area contributed by atoms with Crippen LogP contribution >= 0.6 is 11.3 Å². The fourth-order valence-electron chi connectivity index (χ4n) is 3.12. The number of carbonyl (C=O) groups excluding carboxylic acids is 1. The van der Waals surface area contributed by atoms with Gasteiger partial charge in [0.05, 0.1) is 6.04 Å². The molecule has 1 fully saturated rings. The molecular formula is C17H28N2OS. The molecular weight excluding hydrogens is 280 g/mol. The van der Waals surface area contributed by atoms with Gasteiger partial charge in [0.2, 0.25) is 5.91 Å². The molecule has 1 saturated heterocycles. The van der Waals surface area contributed by atoms with Gasteiger partial charge in [0, 0.05) is 17.3 Å². The molecule has 3 nitrogen and oxygen atoms in total. The zero-order chi connectivity index (χ0) is 15.1. The second-order valence-electron chi connectivity index (χ2n) is 5.89. The lowest BCUT2D eigenvalue weighted by molar-refractivity contribution is -0.125. The lowest BCUT2D eigenvalue weighted by Crippen LogP contribution is -2.41. The highest BCUT2D eigenvalue weighted by Gasteiger charge is 2.24. The van der Waals surface area contributed by atoms with Gasteiger partial charge >= 0.3 is 0 Å². The van der Waals surface area contributed by atoms with Crippen molar-refractivity contribution in [3.8, 4) is 0 Å². The van der Waals surface area contributed by atoms with Crippen LogP contribution in [0.25, 0.3) is 0 Å². The first-order valence-electron chi connectivity index (χ1n) is 8.31. The predicted molar refractivity (Wildman–Crippen MR) is 89.6 cm³/mol. The largest absolute Gasteiger partial charge is 0.354 e. The molecule has 0 radical (unpaired) electrons. The molecule has 4 heteroatoms. The molecule has 0 aromatic carbocycles. The molecule has 0 saturated carbocycles. The van der Waals surface area contributed by atoms with Crippen LogP contribution in [0, 0.1) is 5.92 Å².